The molecule has 0 N–H and O–H groups in total. The smallest absolute Gasteiger partial charge is 0.471 e. The first-order chi connectivity index (χ1) is 22.7. The lowest BCUT2D eigenvalue weighted by atomic mass is 10.1. The van der Waals surface area contributed by atoms with E-state index in [1.54, 1.807) is 54.8 Å². The molecule has 13 nitrogen and oxygen atoms in total. The zero-order chi connectivity index (χ0) is 36.2. The number of aryl methyl sites for hydroxylation is 1. The summed E-state index contributed by atoms with van der Waals surface area (Å²) in [5.74, 6) is -1.60. The Hall–Kier alpha value is -4.15. The van der Waals surface area contributed by atoms with E-state index in [-0.39, 0.29) is 35.3 Å². The van der Waals surface area contributed by atoms with Crippen molar-refractivity contribution in [2.24, 2.45) is 0 Å². The Balaban J connectivity index is 1.68. The first-order valence-electron chi connectivity index (χ1n) is 15.7. The van der Waals surface area contributed by atoms with Crippen LogP contribution in [0.5, 0.6) is 5.75 Å². The van der Waals surface area contributed by atoms with Gasteiger partial charge in [0.05, 0.1) is 30.4 Å². The number of alkyl halides is 3. The van der Waals surface area contributed by atoms with Gasteiger partial charge in [-0.1, -0.05) is 0 Å². The third-order valence-corrected chi connectivity index (χ3v) is 8.79. The maximum Gasteiger partial charge on any atom is 0.471 e. The summed E-state index contributed by atoms with van der Waals surface area (Å²) < 4.78 is 59.5. The molecular weight excluding hydrogens is 667 g/mol. The van der Waals surface area contributed by atoms with Crippen molar-refractivity contribution in [3.8, 4) is 5.75 Å². The third kappa shape index (κ3) is 7.86. The Morgan fingerprint density at radius 2 is 1.59 bits per heavy atom. The lowest BCUT2D eigenvalue weighted by molar-refractivity contribution is -0.188. The van der Waals surface area contributed by atoms with Crippen molar-refractivity contribution in [3.63, 3.8) is 0 Å². The maximum atomic E-state index is 13.8. The molecule has 1 atom stereocenters. The summed E-state index contributed by atoms with van der Waals surface area (Å²) >= 11 is 1.09. The summed E-state index contributed by atoms with van der Waals surface area (Å²) in [5, 5.41) is 5.48. The molecule has 2 aliphatic rings. The van der Waals surface area contributed by atoms with Crippen LogP contribution < -0.4 is 9.64 Å². The standard InChI is InChI=1S/C32H40F3N7O6S/c1-16-13-36-21(17(2)23(16)46-9)14-40-24-22-20(39-40)12-19(41(18-10-11-18)26(43)32(33,34)35)15-49-25(22)38-27(37-24)42(28(44)47-30(3,4)5)29(45)48-31(6,7)8/h13,18-19H,10-12,14-15H2,1-9H3/t19-/m0/s1. The topological polar surface area (TPSA) is 142 Å². The van der Waals surface area contributed by atoms with Gasteiger partial charge in [0.2, 0.25) is 5.95 Å². The molecule has 0 radical (unpaired) electrons. The van der Waals surface area contributed by atoms with Crippen LogP contribution in [-0.4, -0.2) is 90.1 Å². The van der Waals surface area contributed by atoms with E-state index in [0.717, 1.165) is 27.8 Å². The molecule has 3 aromatic rings. The van der Waals surface area contributed by atoms with E-state index in [1.807, 2.05) is 13.8 Å². The van der Waals surface area contributed by atoms with Crippen molar-refractivity contribution in [2.75, 3.05) is 17.8 Å². The Bertz CT molecular complexity index is 1770. The number of thioether (sulfide) groups is 1. The molecule has 4 heterocycles. The maximum absolute atomic E-state index is 13.8. The van der Waals surface area contributed by atoms with Crippen molar-refractivity contribution >= 4 is 46.8 Å². The second kappa shape index (κ2) is 12.9. The number of ether oxygens (including phenoxy) is 3. The van der Waals surface area contributed by atoms with Gasteiger partial charge in [0.1, 0.15) is 22.0 Å². The van der Waals surface area contributed by atoms with Crippen molar-refractivity contribution in [1.82, 2.24) is 29.6 Å². The van der Waals surface area contributed by atoms with Crippen molar-refractivity contribution in [1.29, 1.82) is 0 Å². The largest absolute Gasteiger partial charge is 0.496 e. The van der Waals surface area contributed by atoms with Gasteiger partial charge in [-0.05, 0) is 68.2 Å². The first kappa shape index (κ1) is 36.1. The SMILES string of the molecule is COc1c(C)cnc(Cn2nc3c4c(nc(N(C(=O)OC(C)(C)C)C(=O)OC(C)(C)C)nc42)SC[C@@H](N(C(=O)C(F)(F)F)C2CC2)C3)c1C. The van der Waals surface area contributed by atoms with Crippen LogP contribution in [0.4, 0.5) is 28.7 Å². The lowest BCUT2D eigenvalue weighted by Gasteiger charge is -2.31. The molecule has 0 saturated heterocycles. The fraction of sp³-hybridized carbons (Fsp3) is 0.594. The number of nitrogens with zero attached hydrogens (tertiary/aromatic N) is 7. The quantitative estimate of drug-likeness (QED) is 0.273. The number of anilines is 1. The van der Waals surface area contributed by atoms with Gasteiger partial charge in [0.25, 0.3) is 0 Å². The van der Waals surface area contributed by atoms with Gasteiger partial charge < -0.3 is 19.1 Å². The number of halogens is 3. The van der Waals surface area contributed by atoms with Crippen LogP contribution in [0, 0.1) is 13.8 Å². The van der Waals surface area contributed by atoms with Crippen LogP contribution in [0.3, 0.4) is 0 Å². The number of aromatic nitrogens is 5. The highest BCUT2D eigenvalue weighted by atomic mass is 32.2. The summed E-state index contributed by atoms with van der Waals surface area (Å²) in [6, 6.07) is -1.41. The zero-order valence-electron chi connectivity index (χ0n) is 28.9. The summed E-state index contributed by atoms with van der Waals surface area (Å²) in [6.45, 7) is 13.5. The number of imide groups is 1. The summed E-state index contributed by atoms with van der Waals surface area (Å²) in [4.78, 5) is 55.1. The summed E-state index contributed by atoms with van der Waals surface area (Å²) in [7, 11) is 1.55. The van der Waals surface area contributed by atoms with E-state index >= 15 is 0 Å². The number of carbonyl (C=O) groups is 3. The van der Waals surface area contributed by atoms with Crippen LogP contribution in [0.2, 0.25) is 0 Å². The predicted octanol–water partition coefficient (Wildman–Crippen LogP) is 6.14. The van der Waals surface area contributed by atoms with Crippen LogP contribution in [0.1, 0.15) is 76.9 Å². The van der Waals surface area contributed by atoms with E-state index in [9.17, 15) is 27.6 Å². The molecule has 1 saturated carbocycles. The third-order valence-electron chi connectivity index (χ3n) is 7.67. The van der Waals surface area contributed by atoms with Gasteiger partial charge in [-0.25, -0.2) is 19.3 Å². The highest BCUT2D eigenvalue weighted by Crippen LogP contribution is 2.40. The van der Waals surface area contributed by atoms with E-state index in [1.165, 1.54) is 4.68 Å². The highest BCUT2D eigenvalue weighted by molar-refractivity contribution is 7.99. The van der Waals surface area contributed by atoms with Gasteiger partial charge in [-0.15, -0.1) is 16.7 Å². The van der Waals surface area contributed by atoms with E-state index < -0.39 is 47.6 Å². The monoisotopic (exact) mass is 707 g/mol. The first-order valence-corrected chi connectivity index (χ1v) is 16.7. The van der Waals surface area contributed by atoms with Gasteiger partial charge in [-0.3, -0.25) is 9.78 Å². The molecule has 17 heteroatoms. The normalized spacial score (nSPS) is 16.6. The molecule has 49 heavy (non-hydrogen) atoms. The zero-order valence-corrected chi connectivity index (χ0v) is 29.7. The number of carbonyl (C=O) groups excluding carboxylic acids is 3. The fourth-order valence-electron chi connectivity index (χ4n) is 5.55. The minimum atomic E-state index is -5.05. The molecule has 3 aromatic heterocycles. The Morgan fingerprint density at radius 3 is 2.12 bits per heavy atom. The Morgan fingerprint density at radius 1 is 0.980 bits per heavy atom. The Labute approximate surface area is 285 Å². The molecule has 1 fully saturated rings. The van der Waals surface area contributed by atoms with Crippen LogP contribution in [0.15, 0.2) is 11.2 Å². The van der Waals surface area contributed by atoms with E-state index in [2.05, 4.69) is 15.0 Å². The second-order valence-corrected chi connectivity index (χ2v) is 15.1. The van der Waals surface area contributed by atoms with Gasteiger partial charge in [0.15, 0.2) is 5.65 Å². The molecule has 0 unspecified atom stereocenters. The molecule has 0 aromatic carbocycles. The number of pyridine rings is 1. The lowest BCUT2D eigenvalue weighted by Crippen LogP contribution is -2.50. The molecular formula is C32H40F3N7O6S. The predicted molar refractivity (Wildman–Crippen MR) is 174 cm³/mol. The summed E-state index contributed by atoms with van der Waals surface area (Å²) in [5.41, 5.74) is 0.677. The molecule has 3 amide bonds. The fourth-order valence-corrected chi connectivity index (χ4v) is 6.68. The van der Waals surface area contributed by atoms with Crippen LogP contribution in [0.25, 0.3) is 11.0 Å². The number of amides is 3. The second-order valence-electron chi connectivity index (χ2n) is 14.1. The minimum absolute atomic E-state index is 0.00397. The molecule has 0 spiro atoms. The van der Waals surface area contributed by atoms with Crippen molar-refractivity contribution in [2.45, 2.75) is 116 Å². The van der Waals surface area contributed by atoms with Gasteiger partial charge >= 0.3 is 24.3 Å². The van der Waals surface area contributed by atoms with Gasteiger partial charge in [0, 0.05) is 41.6 Å². The number of methoxy groups -OCH3 is 1. The van der Waals surface area contributed by atoms with Crippen LogP contribution >= 0.6 is 11.8 Å². The highest BCUT2D eigenvalue weighted by Gasteiger charge is 2.50. The Kier molecular flexibility index (Phi) is 9.55. The molecule has 1 aliphatic heterocycles. The van der Waals surface area contributed by atoms with Crippen LogP contribution in [-0.2, 0) is 27.2 Å². The molecule has 1 aliphatic carbocycles. The average Bonchev–Trinajstić information content (AvgIpc) is 3.75. The molecule has 266 valence electrons. The van der Waals surface area contributed by atoms with E-state index in [0.29, 0.717) is 40.3 Å². The van der Waals surface area contributed by atoms with E-state index in [4.69, 9.17) is 19.3 Å². The number of hydrogen-bond acceptors (Lipinski definition) is 11. The number of rotatable bonds is 6. The van der Waals surface area contributed by atoms with Gasteiger partial charge in [-0.2, -0.15) is 23.3 Å². The molecule has 0 bridgehead atoms. The minimum Gasteiger partial charge on any atom is -0.496 e. The average molecular weight is 708 g/mol. The van der Waals surface area contributed by atoms with Crippen molar-refractivity contribution in [3.05, 3.63) is 28.7 Å². The molecule has 5 rings (SSSR count). The number of hydrogen-bond donors (Lipinski definition) is 0. The summed E-state index contributed by atoms with van der Waals surface area (Å²) in [6.07, 6.45) is -4.66. The van der Waals surface area contributed by atoms with Crippen molar-refractivity contribution < 1.29 is 41.8 Å².